The predicted octanol–water partition coefficient (Wildman–Crippen LogP) is 2.70. The summed E-state index contributed by atoms with van der Waals surface area (Å²) in [6, 6.07) is 0. The smallest absolute Gasteiger partial charge is 0.0234 e. The van der Waals surface area contributed by atoms with Gasteiger partial charge in [0.15, 0.2) is 0 Å². The molecule has 0 atom stereocenters. The first-order valence-corrected chi connectivity index (χ1v) is 6.65. The Balaban J connectivity index is 2.44. The highest BCUT2D eigenvalue weighted by atomic mass is 15.2. The number of piperazine rings is 1. The summed E-state index contributed by atoms with van der Waals surface area (Å²) in [5.74, 6) is 0. The lowest BCUT2D eigenvalue weighted by Crippen LogP contribution is -2.44. The Bertz CT molecular complexity index is 271. The van der Waals surface area contributed by atoms with Gasteiger partial charge in [0.05, 0.1) is 0 Å². The Morgan fingerprint density at radius 3 is 2.53 bits per heavy atom. The molecule has 0 aromatic carbocycles. The summed E-state index contributed by atoms with van der Waals surface area (Å²) >= 11 is 0. The minimum Gasteiger partial charge on any atom is -0.304 e. The van der Waals surface area contributed by atoms with Gasteiger partial charge < -0.3 is 4.90 Å². The molecule has 1 rings (SSSR count). The molecular formula is C15H26N2. The number of allylic oxidation sites excluding steroid dienone is 3. The highest BCUT2D eigenvalue weighted by Gasteiger charge is 2.13. The fourth-order valence-electron chi connectivity index (χ4n) is 1.98. The molecule has 2 heteroatoms. The molecule has 1 saturated heterocycles. The fraction of sp³-hybridized carbons (Fsp3) is 0.600. The number of nitrogens with zero attached hydrogens (tertiary/aromatic N) is 2. The maximum atomic E-state index is 3.80. The van der Waals surface area contributed by atoms with E-state index in [0.717, 1.165) is 13.0 Å². The molecule has 0 bridgehead atoms. The first-order valence-electron chi connectivity index (χ1n) is 6.65. The van der Waals surface area contributed by atoms with Crippen LogP contribution >= 0.6 is 0 Å². The average Bonchev–Trinajstić information content (AvgIpc) is 2.32. The van der Waals surface area contributed by atoms with E-state index >= 15 is 0 Å². The summed E-state index contributed by atoms with van der Waals surface area (Å²) < 4.78 is 0. The molecule has 1 aliphatic heterocycles. The molecule has 0 aliphatic carbocycles. The topological polar surface area (TPSA) is 6.48 Å². The van der Waals surface area contributed by atoms with Gasteiger partial charge in [-0.25, -0.2) is 0 Å². The van der Waals surface area contributed by atoms with Crippen LogP contribution in [0.1, 0.15) is 19.8 Å². The Morgan fingerprint density at radius 2 is 1.94 bits per heavy atom. The maximum Gasteiger partial charge on any atom is 0.0234 e. The van der Waals surface area contributed by atoms with Crippen LogP contribution < -0.4 is 0 Å². The monoisotopic (exact) mass is 234 g/mol. The minimum atomic E-state index is 1.06. The molecule has 0 N–H and O–H groups in total. The van der Waals surface area contributed by atoms with E-state index in [2.05, 4.69) is 48.6 Å². The number of rotatable bonds is 6. The summed E-state index contributed by atoms with van der Waals surface area (Å²) in [5.41, 5.74) is 1.37. The van der Waals surface area contributed by atoms with Crippen LogP contribution in [0.5, 0.6) is 0 Å². The second-order valence-corrected chi connectivity index (χ2v) is 4.75. The second kappa shape index (κ2) is 8.26. The molecule has 17 heavy (non-hydrogen) atoms. The Hall–Kier alpha value is -0.860. The highest BCUT2D eigenvalue weighted by molar-refractivity contribution is 5.24. The van der Waals surface area contributed by atoms with E-state index in [1.165, 1.54) is 38.2 Å². The summed E-state index contributed by atoms with van der Waals surface area (Å²) in [7, 11) is 2.19. The number of unbranched alkanes of at least 4 members (excludes halogenated alkanes) is 1. The molecule has 1 fully saturated rings. The molecule has 1 aliphatic rings. The highest BCUT2D eigenvalue weighted by Crippen LogP contribution is 2.06. The van der Waals surface area contributed by atoms with E-state index in [1.807, 2.05) is 6.08 Å². The van der Waals surface area contributed by atoms with Gasteiger partial charge in [-0.2, -0.15) is 0 Å². The molecule has 0 aromatic rings. The fourth-order valence-corrected chi connectivity index (χ4v) is 1.98. The van der Waals surface area contributed by atoms with Crippen molar-refractivity contribution in [3.05, 3.63) is 36.5 Å². The molecule has 0 saturated carbocycles. The van der Waals surface area contributed by atoms with Gasteiger partial charge in [0.2, 0.25) is 0 Å². The van der Waals surface area contributed by atoms with E-state index in [1.54, 1.807) is 0 Å². The average molecular weight is 234 g/mol. The van der Waals surface area contributed by atoms with Gasteiger partial charge in [-0.1, -0.05) is 44.2 Å². The summed E-state index contributed by atoms with van der Waals surface area (Å²) in [6.07, 6.45) is 10.9. The predicted molar refractivity (Wildman–Crippen MR) is 76.3 cm³/mol. The third-order valence-corrected chi connectivity index (χ3v) is 3.12. The summed E-state index contributed by atoms with van der Waals surface area (Å²) in [5, 5.41) is 0. The molecule has 96 valence electrons. The van der Waals surface area contributed by atoms with E-state index in [9.17, 15) is 0 Å². The standard InChI is InChI=1S/C15H26N2/c1-4-6-7-9-15(8-5-2)14-17-12-10-16(3)11-13-17/h5,7-9H,2,4,6,10-14H2,1,3H3/b9-7-,15-8+. The third-order valence-electron chi connectivity index (χ3n) is 3.12. The quantitative estimate of drug-likeness (QED) is 0.652. The lowest BCUT2D eigenvalue weighted by molar-refractivity contribution is 0.165. The zero-order valence-corrected chi connectivity index (χ0v) is 11.4. The van der Waals surface area contributed by atoms with Crippen molar-refractivity contribution >= 4 is 0 Å². The third kappa shape index (κ3) is 5.85. The van der Waals surface area contributed by atoms with E-state index in [4.69, 9.17) is 0 Å². The zero-order valence-electron chi connectivity index (χ0n) is 11.4. The van der Waals surface area contributed by atoms with Gasteiger partial charge >= 0.3 is 0 Å². The lowest BCUT2D eigenvalue weighted by atomic mass is 10.1. The zero-order chi connectivity index (χ0) is 12.5. The first kappa shape index (κ1) is 14.2. The minimum absolute atomic E-state index is 1.06. The second-order valence-electron chi connectivity index (χ2n) is 4.75. The lowest BCUT2D eigenvalue weighted by Gasteiger charge is -2.32. The van der Waals surface area contributed by atoms with E-state index in [-0.39, 0.29) is 0 Å². The van der Waals surface area contributed by atoms with Crippen LogP contribution in [0.2, 0.25) is 0 Å². The van der Waals surface area contributed by atoms with Gasteiger partial charge in [-0.15, -0.1) is 0 Å². The van der Waals surface area contributed by atoms with Crippen LogP contribution in [-0.2, 0) is 0 Å². The van der Waals surface area contributed by atoms with E-state index in [0.29, 0.717) is 0 Å². The van der Waals surface area contributed by atoms with Crippen LogP contribution in [0.25, 0.3) is 0 Å². The van der Waals surface area contributed by atoms with Crippen LogP contribution in [0.15, 0.2) is 36.5 Å². The Labute approximate surface area is 106 Å². The van der Waals surface area contributed by atoms with Crippen LogP contribution in [0, 0.1) is 0 Å². The van der Waals surface area contributed by atoms with Gasteiger partial charge in [-0.3, -0.25) is 4.90 Å². The molecule has 0 aromatic heterocycles. The molecule has 2 nitrogen and oxygen atoms in total. The van der Waals surface area contributed by atoms with Crippen molar-refractivity contribution in [2.24, 2.45) is 0 Å². The van der Waals surface area contributed by atoms with Gasteiger partial charge in [-0.05, 0) is 19.0 Å². The molecular weight excluding hydrogens is 208 g/mol. The Morgan fingerprint density at radius 1 is 1.24 bits per heavy atom. The molecule has 0 unspecified atom stereocenters. The van der Waals surface area contributed by atoms with Crippen molar-refractivity contribution < 1.29 is 0 Å². The van der Waals surface area contributed by atoms with Crippen LogP contribution in [0.4, 0.5) is 0 Å². The largest absolute Gasteiger partial charge is 0.304 e. The van der Waals surface area contributed by atoms with Crippen molar-refractivity contribution in [1.82, 2.24) is 9.80 Å². The normalized spacial score (nSPS) is 20.0. The van der Waals surface area contributed by atoms with Gasteiger partial charge in [0.1, 0.15) is 0 Å². The number of hydrogen-bond acceptors (Lipinski definition) is 2. The summed E-state index contributed by atoms with van der Waals surface area (Å²) in [6.45, 7) is 11.8. The first-order chi connectivity index (χ1) is 8.26. The van der Waals surface area contributed by atoms with Gasteiger partial charge in [0.25, 0.3) is 0 Å². The van der Waals surface area contributed by atoms with Crippen molar-refractivity contribution in [2.45, 2.75) is 19.8 Å². The van der Waals surface area contributed by atoms with Crippen molar-refractivity contribution in [3.63, 3.8) is 0 Å². The molecule has 0 radical (unpaired) electrons. The molecule has 1 heterocycles. The van der Waals surface area contributed by atoms with Crippen molar-refractivity contribution in [3.8, 4) is 0 Å². The summed E-state index contributed by atoms with van der Waals surface area (Å²) in [4.78, 5) is 4.91. The SMILES string of the molecule is C=C/C=C(\C=C/CCC)CN1CCN(C)CC1. The van der Waals surface area contributed by atoms with Gasteiger partial charge in [0, 0.05) is 32.7 Å². The molecule has 0 amide bonds. The maximum absolute atomic E-state index is 3.80. The van der Waals surface area contributed by atoms with Crippen LogP contribution in [-0.4, -0.2) is 49.6 Å². The number of hydrogen-bond donors (Lipinski definition) is 0. The van der Waals surface area contributed by atoms with E-state index < -0.39 is 0 Å². The van der Waals surface area contributed by atoms with Crippen molar-refractivity contribution in [1.29, 1.82) is 0 Å². The number of likely N-dealkylation sites (N-methyl/N-ethyl adjacent to an activating group) is 1. The van der Waals surface area contributed by atoms with Crippen molar-refractivity contribution in [2.75, 3.05) is 39.8 Å². The molecule has 0 spiro atoms. The van der Waals surface area contributed by atoms with Crippen LogP contribution in [0.3, 0.4) is 0 Å². The Kier molecular flexibility index (Phi) is 6.90.